The van der Waals surface area contributed by atoms with Gasteiger partial charge in [0.1, 0.15) is 0 Å². The molecule has 2 rings (SSSR count). The summed E-state index contributed by atoms with van der Waals surface area (Å²) in [6.07, 6.45) is 2.76. The third-order valence-electron chi connectivity index (χ3n) is 4.63. The molecule has 1 fully saturated rings. The Balaban J connectivity index is 2.44. The summed E-state index contributed by atoms with van der Waals surface area (Å²) >= 11 is 0.124. The SMILES string of the molecule is CCCCO[C@@H]1[C@@H]([C](O)=[SnH2])O[C@@H](n2ccc(N)nc2=O)[C@@]1(O)CCCC. The van der Waals surface area contributed by atoms with E-state index in [1.165, 1.54) is 16.8 Å². The second kappa shape index (κ2) is 9.40. The van der Waals surface area contributed by atoms with Gasteiger partial charge in [0.2, 0.25) is 0 Å². The summed E-state index contributed by atoms with van der Waals surface area (Å²) in [5.41, 5.74) is 3.52. The number of hydrogen-bond acceptors (Lipinski definition) is 7. The van der Waals surface area contributed by atoms with E-state index < -0.39 is 29.7 Å². The zero-order chi connectivity index (χ0) is 19.3. The van der Waals surface area contributed by atoms with Crippen molar-refractivity contribution in [3.63, 3.8) is 0 Å². The molecule has 1 aliphatic rings. The van der Waals surface area contributed by atoms with E-state index in [0.717, 1.165) is 25.7 Å². The number of anilines is 1. The monoisotopic (exact) mass is 475 g/mol. The van der Waals surface area contributed by atoms with E-state index in [9.17, 15) is 15.0 Å². The van der Waals surface area contributed by atoms with Gasteiger partial charge in [0, 0.05) is 0 Å². The Morgan fingerprint density at radius 1 is 1.46 bits per heavy atom. The van der Waals surface area contributed by atoms with Crippen LogP contribution in [0.4, 0.5) is 5.82 Å². The topological polar surface area (TPSA) is 120 Å². The van der Waals surface area contributed by atoms with Crippen LogP contribution in [0.3, 0.4) is 0 Å². The molecular weight excluding hydrogens is 445 g/mol. The van der Waals surface area contributed by atoms with Crippen LogP contribution in [0, 0.1) is 0 Å². The van der Waals surface area contributed by atoms with Gasteiger partial charge in [0.25, 0.3) is 0 Å². The van der Waals surface area contributed by atoms with Gasteiger partial charge in [-0.2, -0.15) is 0 Å². The van der Waals surface area contributed by atoms with Gasteiger partial charge in [-0.25, -0.2) is 0 Å². The van der Waals surface area contributed by atoms with Crippen LogP contribution in [0.15, 0.2) is 17.1 Å². The van der Waals surface area contributed by atoms with Crippen LogP contribution in [0.25, 0.3) is 0 Å². The first-order valence-corrected chi connectivity index (χ1v) is 11.1. The molecule has 0 aliphatic carbocycles. The Labute approximate surface area is 165 Å². The molecular formula is C17H29N3O5Sn. The number of rotatable bonds is 9. The Hall–Kier alpha value is -0.811. The second-order valence-corrected chi connectivity index (χ2v) is 8.75. The van der Waals surface area contributed by atoms with E-state index in [-0.39, 0.29) is 31.6 Å². The van der Waals surface area contributed by atoms with Gasteiger partial charge in [-0.15, -0.1) is 0 Å². The average molecular weight is 474 g/mol. The minimum atomic E-state index is -1.44. The first-order chi connectivity index (χ1) is 12.3. The van der Waals surface area contributed by atoms with E-state index in [4.69, 9.17) is 15.2 Å². The van der Waals surface area contributed by atoms with E-state index in [0.29, 0.717) is 13.0 Å². The van der Waals surface area contributed by atoms with Crippen molar-refractivity contribution in [3.05, 3.63) is 22.7 Å². The molecule has 4 atom stereocenters. The molecule has 1 aromatic rings. The molecule has 0 amide bonds. The molecule has 0 saturated carbocycles. The summed E-state index contributed by atoms with van der Waals surface area (Å²) < 4.78 is 13.3. The Morgan fingerprint density at radius 2 is 2.15 bits per heavy atom. The van der Waals surface area contributed by atoms with Gasteiger partial charge in [-0.3, -0.25) is 0 Å². The number of aliphatic hydroxyl groups excluding tert-OH is 1. The zero-order valence-electron chi connectivity index (χ0n) is 15.4. The maximum absolute atomic E-state index is 12.3. The number of aliphatic hydroxyl groups is 2. The van der Waals surface area contributed by atoms with Crippen molar-refractivity contribution >= 4 is 31.6 Å². The molecule has 0 radical (unpaired) electrons. The maximum atomic E-state index is 12.3. The number of nitrogen functional groups attached to an aromatic ring is 1. The van der Waals surface area contributed by atoms with E-state index in [2.05, 4.69) is 11.9 Å². The van der Waals surface area contributed by atoms with Crippen molar-refractivity contribution in [3.8, 4) is 0 Å². The quantitative estimate of drug-likeness (QED) is 0.340. The third kappa shape index (κ3) is 4.53. The summed E-state index contributed by atoms with van der Waals surface area (Å²) in [7, 11) is 0. The van der Waals surface area contributed by atoms with Crippen LogP contribution in [0.1, 0.15) is 52.2 Å². The fourth-order valence-electron chi connectivity index (χ4n) is 3.21. The van der Waals surface area contributed by atoms with Crippen LogP contribution < -0.4 is 11.4 Å². The van der Waals surface area contributed by atoms with Gasteiger partial charge < -0.3 is 0 Å². The number of nitrogens with zero attached hydrogens (tertiary/aromatic N) is 2. The zero-order valence-corrected chi connectivity index (χ0v) is 19.5. The standard InChI is InChI=1S/C17H27N3O5.Sn.2H/c1-3-5-8-17(23)14(24-10-6-4-2)12(11-21)25-15(17)20-9-7-13(18)19-16(20)22;;;/h7,9,12,14-15,21,23H,3-6,8,10H2,1-2H3,(H2,18,19,22);;;/t12-,14-,15-,17-;;;/m1.../s1. The molecule has 1 saturated heterocycles. The number of ether oxygens (including phenoxy) is 2. The van der Waals surface area contributed by atoms with Gasteiger partial charge >= 0.3 is 166 Å². The molecule has 2 heterocycles. The van der Waals surface area contributed by atoms with Crippen molar-refractivity contribution in [2.45, 2.75) is 70.0 Å². The van der Waals surface area contributed by atoms with E-state index in [1.807, 2.05) is 6.92 Å². The van der Waals surface area contributed by atoms with Crippen molar-refractivity contribution in [1.82, 2.24) is 9.55 Å². The fourth-order valence-corrected chi connectivity index (χ4v) is 4.09. The van der Waals surface area contributed by atoms with Crippen molar-refractivity contribution < 1.29 is 19.7 Å². The van der Waals surface area contributed by atoms with E-state index >= 15 is 0 Å². The van der Waals surface area contributed by atoms with Crippen molar-refractivity contribution in [1.29, 1.82) is 0 Å². The molecule has 0 spiro atoms. The van der Waals surface area contributed by atoms with E-state index in [1.54, 1.807) is 0 Å². The minimum absolute atomic E-state index is 0.104. The molecule has 146 valence electrons. The van der Waals surface area contributed by atoms with Gasteiger partial charge in [-0.1, -0.05) is 0 Å². The Kier molecular flexibility index (Phi) is 7.77. The average Bonchev–Trinajstić information content (AvgIpc) is 2.87. The summed E-state index contributed by atoms with van der Waals surface area (Å²) in [6, 6.07) is 1.48. The molecule has 4 N–H and O–H groups in total. The first-order valence-electron chi connectivity index (χ1n) is 9.07. The van der Waals surface area contributed by atoms with Crippen molar-refractivity contribution in [2.24, 2.45) is 0 Å². The Morgan fingerprint density at radius 3 is 2.73 bits per heavy atom. The molecule has 8 nitrogen and oxygen atoms in total. The van der Waals surface area contributed by atoms with Gasteiger partial charge in [0.15, 0.2) is 0 Å². The molecule has 9 heteroatoms. The normalized spacial score (nSPS) is 28.4. The molecule has 1 aliphatic heterocycles. The summed E-state index contributed by atoms with van der Waals surface area (Å²) in [6.45, 7) is 4.53. The first kappa shape index (κ1) is 21.5. The number of hydrogen-bond donors (Lipinski definition) is 3. The van der Waals surface area contributed by atoms with Crippen LogP contribution in [0.5, 0.6) is 0 Å². The predicted molar refractivity (Wildman–Crippen MR) is 101 cm³/mol. The van der Waals surface area contributed by atoms with Crippen LogP contribution in [0.2, 0.25) is 0 Å². The fraction of sp³-hybridized carbons (Fsp3) is 0.706. The number of aromatic nitrogens is 2. The summed E-state index contributed by atoms with van der Waals surface area (Å²) in [5, 5.41) is 21.7. The molecule has 0 unspecified atom stereocenters. The van der Waals surface area contributed by atoms with Gasteiger partial charge in [-0.05, 0) is 0 Å². The summed E-state index contributed by atoms with van der Waals surface area (Å²) in [5.74, 6) is 0.104. The van der Waals surface area contributed by atoms with Crippen molar-refractivity contribution in [2.75, 3.05) is 12.3 Å². The number of unbranched alkanes of at least 4 members (excludes halogenated alkanes) is 2. The molecule has 0 bridgehead atoms. The third-order valence-corrected chi connectivity index (χ3v) is 5.78. The number of nitrogens with two attached hydrogens (primary N) is 1. The second-order valence-electron chi connectivity index (χ2n) is 6.68. The summed E-state index contributed by atoms with van der Waals surface area (Å²) in [4.78, 5) is 16.0. The van der Waals surface area contributed by atoms with Gasteiger partial charge in [0.05, 0.1) is 0 Å². The van der Waals surface area contributed by atoms with Crippen LogP contribution >= 0.6 is 0 Å². The molecule has 0 aromatic carbocycles. The Bertz CT molecular complexity index is 683. The predicted octanol–water partition coefficient (Wildman–Crippen LogP) is -0.0350. The van der Waals surface area contributed by atoms with Crippen LogP contribution in [-0.4, -0.2) is 69.9 Å². The molecule has 1 aromatic heterocycles. The molecule has 26 heavy (non-hydrogen) atoms. The van der Waals surface area contributed by atoms with Crippen LogP contribution in [-0.2, 0) is 9.47 Å².